The van der Waals surface area contributed by atoms with Gasteiger partial charge < -0.3 is 5.32 Å². The van der Waals surface area contributed by atoms with Crippen LogP contribution in [0.2, 0.25) is 0 Å². The summed E-state index contributed by atoms with van der Waals surface area (Å²) in [6.45, 7) is 3.57. The zero-order valence-corrected chi connectivity index (χ0v) is 10.1. The first-order chi connectivity index (χ1) is 7.06. The van der Waals surface area contributed by atoms with E-state index in [9.17, 15) is 4.79 Å². The van der Waals surface area contributed by atoms with Gasteiger partial charge in [-0.25, -0.2) is 0 Å². The van der Waals surface area contributed by atoms with Crippen LogP contribution in [0.15, 0.2) is 18.2 Å². The van der Waals surface area contributed by atoms with Crippen molar-refractivity contribution in [1.82, 2.24) is 0 Å². The lowest BCUT2D eigenvalue weighted by Crippen LogP contribution is -2.20. The van der Waals surface area contributed by atoms with Gasteiger partial charge in [0, 0.05) is 0 Å². The topological polar surface area (TPSA) is 52.9 Å². The lowest BCUT2D eigenvalue weighted by molar-refractivity contribution is -0.115. The Bertz CT molecular complexity index is 421. The molecule has 0 bridgehead atoms. The van der Waals surface area contributed by atoms with Crippen molar-refractivity contribution in [2.75, 3.05) is 5.32 Å². The smallest absolute Gasteiger partial charge is 0.237 e. The molecule has 1 amide bonds. The van der Waals surface area contributed by atoms with E-state index in [1.807, 2.05) is 19.1 Å². The summed E-state index contributed by atoms with van der Waals surface area (Å²) in [7, 11) is 0. The van der Waals surface area contributed by atoms with E-state index in [4.69, 9.17) is 5.26 Å². The van der Waals surface area contributed by atoms with E-state index in [1.54, 1.807) is 13.0 Å². The molecule has 0 fully saturated rings. The fourth-order valence-corrected chi connectivity index (χ4v) is 1.27. The number of alkyl halides is 1. The molecule has 1 aromatic carbocycles. The third-order valence-electron chi connectivity index (χ3n) is 2.00. The quantitative estimate of drug-likeness (QED) is 0.837. The van der Waals surface area contributed by atoms with Gasteiger partial charge >= 0.3 is 0 Å². The number of nitrogens with one attached hydrogen (secondary N) is 1. The summed E-state index contributed by atoms with van der Waals surface area (Å²) >= 11 is 3.17. The average molecular weight is 267 g/mol. The predicted molar refractivity (Wildman–Crippen MR) is 62.9 cm³/mol. The highest BCUT2D eigenvalue weighted by Crippen LogP contribution is 2.18. The van der Waals surface area contributed by atoms with Gasteiger partial charge in [-0.3, -0.25) is 4.79 Å². The molecule has 15 heavy (non-hydrogen) atoms. The van der Waals surface area contributed by atoms with E-state index in [1.165, 1.54) is 0 Å². The molecule has 0 aliphatic heterocycles. The first-order valence-electron chi connectivity index (χ1n) is 4.51. The highest BCUT2D eigenvalue weighted by atomic mass is 79.9. The van der Waals surface area contributed by atoms with E-state index in [2.05, 4.69) is 27.3 Å². The maximum absolute atomic E-state index is 11.4. The molecule has 1 N–H and O–H groups in total. The number of hydrogen-bond donors (Lipinski definition) is 1. The van der Waals surface area contributed by atoms with Gasteiger partial charge in [0.05, 0.1) is 16.1 Å². The van der Waals surface area contributed by atoms with E-state index in [0.717, 1.165) is 5.56 Å². The summed E-state index contributed by atoms with van der Waals surface area (Å²) < 4.78 is 0. The van der Waals surface area contributed by atoms with Crippen molar-refractivity contribution in [3.8, 4) is 6.07 Å². The lowest BCUT2D eigenvalue weighted by Gasteiger charge is -2.09. The largest absolute Gasteiger partial charge is 0.324 e. The van der Waals surface area contributed by atoms with Crippen LogP contribution in [0.3, 0.4) is 0 Å². The molecule has 1 atom stereocenters. The minimum Gasteiger partial charge on any atom is -0.324 e. The van der Waals surface area contributed by atoms with Crippen LogP contribution in [0.25, 0.3) is 0 Å². The van der Waals surface area contributed by atoms with E-state index < -0.39 is 0 Å². The van der Waals surface area contributed by atoms with Gasteiger partial charge in [0.25, 0.3) is 0 Å². The molecule has 1 aromatic rings. The standard InChI is InChI=1S/C11H11BrN2O/c1-7-4-3-5-10(9(7)6-13)14-11(15)8(2)12/h3-5,8H,1-2H3,(H,14,15). The zero-order chi connectivity index (χ0) is 11.4. The minimum atomic E-state index is -0.274. The fraction of sp³-hybridized carbons (Fsp3) is 0.273. The number of carbonyl (C=O) groups is 1. The molecule has 3 nitrogen and oxygen atoms in total. The maximum Gasteiger partial charge on any atom is 0.237 e. The number of carbonyl (C=O) groups excluding carboxylic acids is 1. The Hall–Kier alpha value is -1.34. The number of hydrogen-bond acceptors (Lipinski definition) is 2. The number of benzene rings is 1. The average Bonchev–Trinajstić information content (AvgIpc) is 2.18. The van der Waals surface area contributed by atoms with Crippen LogP contribution in [-0.2, 0) is 4.79 Å². The number of rotatable bonds is 2. The zero-order valence-electron chi connectivity index (χ0n) is 8.54. The Balaban J connectivity index is 3.01. The summed E-state index contributed by atoms with van der Waals surface area (Å²) in [6, 6.07) is 7.45. The van der Waals surface area contributed by atoms with Gasteiger partial charge in [-0.15, -0.1) is 0 Å². The molecule has 0 aromatic heterocycles. The number of aryl methyl sites for hydroxylation is 1. The molecular weight excluding hydrogens is 256 g/mol. The molecule has 0 aliphatic rings. The molecule has 1 rings (SSSR count). The first kappa shape index (κ1) is 11.7. The molecule has 0 heterocycles. The van der Waals surface area contributed by atoms with Gasteiger partial charge in [-0.05, 0) is 25.5 Å². The van der Waals surface area contributed by atoms with Crippen molar-refractivity contribution in [1.29, 1.82) is 5.26 Å². The Morgan fingerprint density at radius 1 is 1.60 bits per heavy atom. The van der Waals surface area contributed by atoms with Crippen molar-refractivity contribution < 1.29 is 4.79 Å². The first-order valence-corrected chi connectivity index (χ1v) is 5.42. The SMILES string of the molecule is Cc1cccc(NC(=O)C(C)Br)c1C#N. The molecule has 0 spiro atoms. The van der Waals surface area contributed by atoms with Gasteiger partial charge in [-0.2, -0.15) is 5.26 Å². The molecule has 0 saturated heterocycles. The number of amides is 1. The summed E-state index contributed by atoms with van der Waals surface area (Å²) in [5, 5.41) is 11.6. The second-order valence-corrected chi connectivity index (χ2v) is 4.59. The van der Waals surface area contributed by atoms with Crippen molar-refractivity contribution in [3.05, 3.63) is 29.3 Å². The fourth-order valence-electron chi connectivity index (χ4n) is 1.15. The molecule has 0 radical (unpaired) electrons. The molecule has 4 heteroatoms. The second-order valence-electron chi connectivity index (χ2n) is 3.21. The third kappa shape index (κ3) is 2.80. The molecule has 78 valence electrons. The summed E-state index contributed by atoms with van der Waals surface area (Å²) in [4.78, 5) is 11.2. The molecular formula is C11H11BrN2O. The molecule has 0 saturated carbocycles. The van der Waals surface area contributed by atoms with Crippen molar-refractivity contribution in [3.63, 3.8) is 0 Å². The third-order valence-corrected chi connectivity index (χ3v) is 2.42. The predicted octanol–water partition coefficient (Wildman–Crippen LogP) is 2.59. The molecule has 0 aliphatic carbocycles. The van der Waals surface area contributed by atoms with Crippen molar-refractivity contribution in [2.24, 2.45) is 0 Å². The molecule has 1 unspecified atom stereocenters. The van der Waals surface area contributed by atoms with Gasteiger partial charge in [0.15, 0.2) is 0 Å². The summed E-state index contributed by atoms with van der Waals surface area (Å²) in [6.07, 6.45) is 0. The number of nitrogens with zero attached hydrogens (tertiary/aromatic N) is 1. The van der Waals surface area contributed by atoms with E-state index in [-0.39, 0.29) is 10.7 Å². The maximum atomic E-state index is 11.4. The second kappa shape index (κ2) is 4.94. The highest BCUT2D eigenvalue weighted by Gasteiger charge is 2.11. The normalized spacial score (nSPS) is 11.6. The minimum absolute atomic E-state index is 0.155. The van der Waals surface area contributed by atoms with Crippen LogP contribution in [0, 0.1) is 18.3 Å². The van der Waals surface area contributed by atoms with Crippen LogP contribution in [-0.4, -0.2) is 10.7 Å². The van der Waals surface area contributed by atoms with Crippen LogP contribution in [0.1, 0.15) is 18.1 Å². The number of nitriles is 1. The Morgan fingerprint density at radius 2 is 2.27 bits per heavy atom. The van der Waals surface area contributed by atoms with Gasteiger partial charge in [-0.1, -0.05) is 28.1 Å². The Morgan fingerprint density at radius 3 is 2.80 bits per heavy atom. The summed E-state index contributed by atoms with van der Waals surface area (Å²) in [5.74, 6) is -0.155. The van der Waals surface area contributed by atoms with E-state index >= 15 is 0 Å². The van der Waals surface area contributed by atoms with Crippen LogP contribution in [0.4, 0.5) is 5.69 Å². The number of halogens is 1. The summed E-state index contributed by atoms with van der Waals surface area (Å²) in [5.41, 5.74) is 1.94. The van der Waals surface area contributed by atoms with Crippen LogP contribution >= 0.6 is 15.9 Å². The van der Waals surface area contributed by atoms with Gasteiger partial charge in [0.2, 0.25) is 5.91 Å². The van der Waals surface area contributed by atoms with Crippen LogP contribution < -0.4 is 5.32 Å². The van der Waals surface area contributed by atoms with Crippen LogP contribution in [0.5, 0.6) is 0 Å². The Kier molecular flexibility index (Phi) is 3.87. The number of anilines is 1. The van der Waals surface area contributed by atoms with Gasteiger partial charge in [0.1, 0.15) is 6.07 Å². The van der Waals surface area contributed by atoms with E-state index in [0.29, 0.717) is 11.3 Å². The lowest BCUT2D eigenvalue weighted by atomic mass is 10.1. The highest BCUT2D eigenvalue weighted by molar-refractivity contribution is 9.10. The van der Waals surface area contributed by atoms with Crippen molar-refractivity contribution in [2.45, 2.75) is 18.7 Å². The van der Waals surface area contributed by atoms with Crippen molar-refractivity contribution >= 4 is 27.5 Å². The monoisotopic (exact) mass is 266 g/mol. The Labute approximate surface area is 97.2 Å².